The van der Waals surface area contributed by atoms with Crippen LogP contribution in [0.5, 0.6) is 0 Å². The molecule has 1 unspecified atom stereocenters. The summed E-state index contributed by atoms with van der Waals surface area (Å²) < 4.78 is 3.68. The van der Waals surface area contributed by atoms with E-state index in [1.165, 1.54) is 0 Å². The summed E-state index contributed by atoms with van der Waals surface area (Å²) in [5.74, 6) is 0.840. The molecule has 0 aliphatic carbocycles. The average molecular weight is 336 g/mol. The van der Waals surface area contributed by atoms with E-state index in [9.17, 15) is 4.79 Å². The molecule has 128 valence electrons. The normalized spacial score (nSPS) is 17.2. The van der Waals surface area contributed by atoms with Crippen molar-refractivity contribution in [3.63, 3.8) is 0 Å². The maximum atomic E-state index is 12.9. The lowest BCUT2D eigenvalue weighted by atomic mass is 10.2. The zero-order chi connectivity index (χ0) is 17.2. The Labute approximate surface area is 145 Å². The summed E-state index contributed by atoms with van der Waals surface area (Å²) in [6, 6.07) is 10.0. The van der Waals surface area contributed by atoms with Crippen LogP contribution >= 0.6 is 0 Å². The van der Waals surface area contributed by atoms with Crippen molar-refractivity contribution < 1.29 is 4.79 Å². The van der Waals surface area contributed by atoms with Crippen LogP contribution in [0.4, 0.5) is 0 Å². The Balaban J connectivity index is 1.52. The molecule has 7 nitrogen and oxygen atoms in total. The lowest BCUT2D eigenvalue weighted by molar-refractivity contribution is 0.0722. The molecular weight excluding hydrogens is 316 g/mol. The second kappa shape index (κ2) is 6.51. The van der Waals surface area contributed by atoms with Crippen molar-refractivity contribution in [3.8, 4) is 0 Å². The van der Waals surface area contributed by atoms with Gasteiger partial charge in [-0.05, 0) is 18.4 Å². The largest absolute Gasteiger partial charge is 0.336 e. The van der Waals surface area contributed by atoms with E-state index in [1.54, 1.807) is 17.1 Å². The molecule has 0 bridgehead atoms. The zero-order valence-corrected chi connectivity index (χ0v) is 14.1. The number of benzene rings is 1. The Morgan fingerprint density at radius 1 is 1.28 bits per heavy atom. The number of imidazole rings is 1. The molecule has 1 aliphatic heterocycles. The van der Waals surface area contributed by atoms with Crippen LogP contribution in [-0.4, -0.2) is 41.9 Å². The topological polar surface area (TPSA) is 68.8 Å². The highest BCUT2D eigenvalue weighted by atomic mass is 16.2. The van der Waals surface area contributed by atoms with Crippen LogP contribution < -0.4 is 0 Å². The predicted octanol–water partition coefficient (Wildman–Crippen LogP) is 2.04. The SMILES string of the molecule is Cn1ccnc1C1CCCN1C(=O)c1cn(Cc2ccccc2)nn1. The molecular formula is C18H20N6O. The van der Waals surface area contributed by atoms with Gasteiger partial charge in [0.25, 0.3) is 5.91 Å². The highest BCUT2D eigenvalue weighted by Crippen LogP contribution is 2.31. The minimum absolute atomic E-state index is 0.00627. The summed E-state index contributed by atoms with van der Waals surface area (Å²) in [5, 5.41) is 8.20. The second-order valence-corrected chi connectivity index (χ2v) is 6.34. The first kappa shape index (κ1) is 15.6. The van der Waals surface area contributed by atoms with E-state index >= 15 is 0 Å². The van der Waals surface area contributed by atoms with E-state index in [2.05, 4.69) is 15.3 Å². The molecule has 1 aliphatic rings. The van der Waals surface area contributed by atoms with Gasteiger partial charge in [-0.25, -0.2) is 9.67 Å². The fourth-order valence-corrected chi connectivity index (χ4v) is 3.37. The molecule has 0 spiro atoms. The number of hydrogen-bond acceptors (Lipinski definition) is 4. The van der Waals surface area contributed by atoms with Gasteiger partial charge in [0.1, 0.15) is 5.82 Å². The van der Waals surface area contributed by atoms with Gasteiger partial charge in [0.15, 0.2) is 5.69 Å². The van der Waals surface area contributed by atoms with Crippen molar-refractivity contribution in [1.82, 2.24) is 29.4 Å². The van der Waals surface area contributed by atoms with Crippen molar-refractivity contribution in [2.45, 2.75) is 25.4 Å². The Bertz CT molecular complexity index is 869. The second-order valence-electron chi connectivity index (χ2n) is 6.34. The molecule has 0 N–H and O–H groups in total. The monoisotopic (exact) mass is 336 g/mol. The summed E-state index contributed by atoms with van der Waals surface area (Å²) in [7, 11) is 1.96. The van der Waals surface area contributed by atoms with E-state index in [-0.39, 0.29) is 11.9 Å². The third-order valence-corrected chi connectivity index (χ3v) is 4.62. The van der Waals surface area contributed by atoms with Gasteiger partial charge >= 0.3 is 0 Å². The first-order chi connectivity index (χ1) is 12.2. The number of carbonyl (C=O) groups excluding carboxylic acids is 1. The molecule has 1 aromatic carbocycles. The Kier molecular flexibility index (Phi) is 4.05. The van der Waals surface area contributed by atoms with E-state index < -0.39 is 0 Å². The van der Waals surface area contributed by atoms with Gasteiger partial charge in [0.05, 0.1) is 18.8 Å². The number of carbonyl (C=O) groups is 1. The minimum atomic E-state index is -0.0789. The van der Waals surface area contributed by atoms with Crippen LogP contribution in [0.2, 0.25) is 0 Å². The Hall–Kier alpha value is -2.96. The van der Waals surface area contributed by atoms with Crippen LogP contribution in [0.3, 0.4) is 0 Å². The smallest absolute Gasteiger partial charge is 0.276 e. The molecule has 3 heterocycles. The molecule has 0 saturated carbocycles. The summed E-state index contributed by atoms with van der Waals surface area (Å²) in [5.41, 5.74) is 1.51. The van der Waals surface area contributed by atoms with Crippen molar-refractivity contribution in [2.75, 3.05) is 6.54 Å². The predicted molar refractivity (Wildman–Crippen MR) is 91.8 cm³/mol. The van der Waals surface area contributed by atoms with Crippen LogP contribution in [0, 0.1) is 0 Å². The fraction of sp³-hybridized carbons (Fsp3) is 0.333. The minimum Gasteiger partial charge on any atom is -0.336 e. The summed E-state index contributed by atoms with van der Waals surface area (Å²) in [6.07, 6.45) is 7.30. The van der Waals surface area contributed by atoms with E-state index in [0.29, 0.717) is 12.2 Å². The van der Waals surface area contributed by atoms with Gasteiger partial charge in [0, 0.05) is 26.0 Å². The third kappa shape index (κ3) is 3.05. The molecule has 0 radical (unpaired) electrons. The average Bonchev–Trinajstić information content (AvgIpc) is 3.35. The number of aromatic nitrogens is 5. The molecule has 2 aromatic heterocycles. The van der Waals surface area contributed by atoms with Crippen LogP contribution in [-0.2, 0) is 13.6 Å². The number of likely N-dealkylation sites (tertiary alicyclic amines) is 1. The highest BCUT2D eigenvalue weighted by molar-refractivity contribution is 5.92. The van der Waals surface area contributed by atoms with Gasteiger partial charge in [-0.3, -0.25) is 4.79 Å². The quantitative estimate of drug-likeness (QED) is 0.731. The number of aryl methyl sites for hydroxylation is 1. The zero-order valence-electron chi connectivity index (χ0n) is 14.1. The van der Waals surface area contributed by atoms with Gasteiger partial charge in [0.2, 0.25) is 0 Å². The fourth-order valence-electron chi connectivity index (χ4n) is 3.37. The number of amides is 1. The van der Waals surface area contributed by atoms with Crippen molar-refractivity contribution >= 4 is 5.91 Å². The lowest BCUT2D eigenvalue weighted by Crippen LogP contribution is -2.32. The number of hydrogen-bond donors (Lipinski definition) is 0. The Morgan fingerprint density at radius 2 is 2.12 bits per heavy atom. The first-order valence-corrected chi connectivity index (χ1v) is 8.44. The van der Waals surface area contributed by atoms with E-state index in [0.717, 1.165) is 30.8 Å². The van der Waals surface area contributed by atoms with Gasteiger partial charge < -0.3 is 9.47 Å². The van der Waals surface area contributed by atoms with Crippen molar-refractivity contribution in [2.24, 2.45) is 7.05 Å². The molecule has 1 atom stereocenters. The molecule has 25 heavy (non-hydrogen) atoms. The molecule has 1 amide bonds. The highest BCUT2D eigenvalue weighted by Gasteiger charge is 2.34. The molecule has 4 rings (SSSR count). The standard InChI is InChI=1S/C18H20N6O/c1-22-11-9-19-17(22)16-8-5-10-24(16)18(25)15-13-23(21-20-15)12-14-6-3-2-4-7-14/h2-4,6-7,9,11,13,16H,5,8,10,12H2,1H3. The summed E-state index contributed by atoms with van der Waals surface area (Å²) in [4.78, 5) is 19.2. The molecule has 1 saturated heterocycles. The molecule has 3 aromatic rings. The van der Waals surface area contributed by atoms with Crippen LogP contribution in [0.15, 0.2) is 48.9 Å². The summed E-state index contributed by atoms with van der Waals surface area (Å²) >= 11 is 0. The maximum absolute atomic E-state index is 12.9. The molecule has 1 fully saturated rings. The van der Waals surface area contributed by atoms with E-state index in [4.69, 9.17) is 0 Å². The lowest BCUT2D eigenvalue weighted by Gasteiger charge is -2.23. The van der Waals surface area contributed by atoms with Gasteiger partial charge in [-0.1, -0.05) is 35.5 Å². The number of rotatable bonds is 4. The van der Waals surface area contributed by atoms with Gasteiger partial charge in [-0.15, -0.1) is 5.10 Å². The third-order valence-electron chi connectivity index (χ3n) is 4.62. The first-order valence-electron chi connectivity index (χ1n) is 8.44. The van der Waals surface area contributed by atoms with Crippen molar-refractivity contribution in [1.29, 1.82) is 0 Å². The Morgan fingerprint density at radius 3 is 2.88 bits per heavy atom. The number of nitrogens with zero attached hydrogens (tertiary/aromatic N) is 6. The molecule has 7 heteroatoms. The van der Waals surface area contributed by atoms with Gasteiger partial charge in [-0.2, -0.15) is 0 Å². The van der Waals surface area contributed by atoms with E-state index in [1.807, 2.05) is 53.0 Å². The maximum Gasteiger partial charge on any atom is 0.276 e. The summed E-state index contributed by atoms with van der Waals surface area (Å²) in [6.45, 7) is 1.33. The van der Waals surface area contributed by atoms with Crippen molar-refractivity contribution in [3.05, 3.63) is 66.0 Å². The van der Waals surface area contributed by atoms with Crippen LogP contribution in [0.25, 0.3) is 0 Å². The van der Waals surface area contributed by atoms with Crippen LogP contribution in [0.1, 0.15) is 40.8 Å².